The van der Waals surface area contributed by atoms with Gasteiger partial charge in [-0.05, 0) is 37.3 Å². The first-order valence-electron chi connectivity index (χ1n) is 11.3. The van der Waals surface area contributed by atoms with Gasteiger partial charge in [0, 0.05) is 30.9 Å². The first-order valence-corrected chi connectivity index (χ1v) is 11.3. The molecule has 4 aromatic rings. The predicted molar refractivity (Wildman–Crippen MR) is 120 cm³/mol. The topological polar surface area (TPSA) is 87.0 Å². The number of aryl methyl sites for hydroxylation is 1. The maximum atomic E-state index is 15.0. The van der Waals surface area contributed by atoms with Crippen molar-refractivity contribution >= 4 is 23.1 Å². The van der Waals surface area contributed by atoms with Crippen LogP contribution in [0.3, 0.4) is 0 Å². The summed E-state index contributed by atoms with van der Waals surface area (Å²) in [5.41, 5.74) is -0.388. The van der Waals surface area contributed by atoms with E-state index in [0.717, 1.165) is 24.7 Å². The van der Waals surface area contributed by atoms with Gasteiger partial charge in [-0.2, -0.15) is 18.3 Å². The van der Waals surface area contributed by atoms with Crippen LogP contribution in [0.25, 0.3) is 5.65 Å². The van der Waals surface area contributed by atoms with Gasteiger partial charge in [-0.15, -0.1) is 0 Å². The van der Waals surface area contributed by atoms with Crippen LogP contribution in [0.15, 0.2) is 36.7 Å². The Balaban J connectivity index is 1.29. The zero-order chi connectivity index (χ0) is 24.4. The largest absolute Gasteiger partial charge is 0.434 e. The van der Waals surface area contributed by atoms with Crippen molar-refractivity contribution in [2.75, 3.05) is 23.3 Å². The van der Waals surface area contributed by atoms with Crippen LogP contribution in [0, 0.1) is 12.8 Å². The minimum atomic E-state index is -4.52. The van der Waals surface area contributed by atoms with E-state index in [0.29, 0.717) is 28.8 Å². The summed E-state index contributed by atoms with van der Waals surface area (Å²) in [6.07, 6.45) is 0.163. The van der Waals surface area contributed by atoms with Crippen molar-refractivity contribution in [3.63, 3.8) is 0 Å². The number of hydrogen-bond donors (Lipinski definition) is 2. The van der Waals surface area contributed by atoms with E-state index in [1.165, 1.54) is 10.5 Å². The lowest BCUT2D eigenvalue weighted by Crippen LogP contribution is -2.60. The lowest BCUT2D eigenvalue weighted by molar-refractivity contribution is -0.140. The first kappa shape index (κ1) is 21.8. The van der Waals surface area contributed by atoms with Gasteiger partial charge < -0.3 is 14.6 Å². The number of alkyl halides is 4. The molecule has 1 saturated carbocycles. The SMILES string of the molecule is Cc1cc(Nc2cc(N3CC(F)(C4CC4)C3)nc(Cc3ccc4nc(C(F)(F)F)cn4c3)n2)[nH]n1. The maximum absolute atomic E-state index is 15.0. The summed E-state index contributed by atoms with van der Waals surface area (Å²) in [7, 11) is 0. The molecule has 0 radical (unpaired) electrons. The number of halogens is 4. The summed E-state index contributed by atoms with van der Waals surface area (Å²) in [6, 6.07) is 6.83. The smallest absolute Gasteiger partial charge is 0.350 e. The Morgan fingerprint density at radius 2 is 1.91 bits per heavy atom. The number of anilines is 3. The predicted octanol–water partition coefficient (Wildman–Crippen LogP) is 4.45. The second kappa shape index (κ2) is 7.65. The van der Waals surface area contributed by atoms with E-state index in [9.17, 15) is 17.6 Å². The highest BCUT2D eigenvalue weighted by Gasteiger charge is 2.54. The minimum absolute atomic E-state index is 0.133. The fourth-order valence-electron chi connectivity index (χ4n) is 4.48. The molecule has 0 spiro atoms. The number of imidazole rings is 1. The molecule has 0 amide bonds. The van der Waals surface area contributed by atoms with E-state index in [1.807, 2.05) is 17.9 Å². The van der Waals surface area contributed by atoms with Crippen LogP contribution in [0.5, 0.6) is 0 Å². The second-order valence-electron chi connectivity index (χ2n) is 9.34. The van der Waals surface area contributed by atoms with Crippen LogP contribution in [-0.2, 0) is 12.6 Å². The van der Waals surface area contributed by atoms with E-state index in [4.69, 9.17) is 0 Å². The minimum Gasteiger partial charge on any atom is -0.350 e. The van der Waals surface area contributed by atoms with E-state index >= 15 is 0 Å². The number of aromatic nitrogens is 6. The van der Waals surface area contributed by atoms with Gasteiger partial charge in [-0.1, -0.05) is 6.07 Å². The maximum Gasteiger partial charge on any atom is 0.434 e. The average Bonchev–Trinajstić information content (AvgIpc) is 3.41. The van der Waals surface area contributed by atoms with Gasteiger partial charge in [0.05, 0.1) is 18.8 Å². The molecule has 6 rings (SSSR count). The van der Waals surface area contributed by atoms with Crippen LogP contribution in [0.1, 0.15) is 35.6 Å². The van der Waals surface area contributed by atoms with E-state index in [1.54, 1.807) is 18.3 Å². The van der Waals surface area contributed by atoms with Crippen LogP contribution < -0.4 is 10.2 Å². The van der Waals surface area contributed by atoms with Crippen molar-refractivity contribution in [2.45, 2.75) is 38.0 Å². The summed E-state index contributed by atoms with van der Waals surface area (Å²) in [4.78, 5) is 14.8. The number of pyridine rings is 1. The molecule has 0 unspecified atom stereocenters. The van der Waals surface area contributed by atoms with Gasteiger partial charge in [0.2, 0.25) is 0 Å². The molecule has 2 aliphatic rings. The third-order valence-electron chi connectivity index (χ3n) is 6.43. The highest BCUT2D eigenvalue weighted by atomic mass is 19.4. The van der Waals surface area contributed by atoms with Gasteiger partial charge in [-0.25, -0.2) is 19.3 Å². The number of fused-ring (bicyclic) bond motifs is 1. The van der Waals surface area contributed by atoms with Crippen molar-refractivity contribution in [1.29, 1.82) is 0 Å². The van der Waals surface area contributed by atoms with Crippen molar-refractivity contribution in [3.05, 3.63) is 59.4 Å². The Morgan fingerprint density at radius 1 is 1.11 bits per heavy atom. The standard InChI is InChI=1S/C23H22F4N8/c1-13-6-19(33-32-13)30-18-8-21(35-11-22(24,12-35)15-3-4-15)31-17(29-18)7-14-2-5-20-28-16(23(25,26)27)10-34(20)9-14/h2,5-6,8-10,15H,3-4,7,11-12H2,1H3,(H2,29,30,31,32,33). The quantitative estimate of drug-likeness (QED) is 0.392. The molecule has 1 saturated heterocycles. The zero-order valence-corrected chi connectivity index (χ0v) is 18.8. The summed E-state index contributed by atoms with van der Waals surface area (Å²) >= 11 is 0. The first-order chi connectivity index (χ1) is 16.6. The summed E-state index contributed by atoms with van der Waals surface area (Å²) < 4.78 is 55.4. The number of nitrogens with one attached hydrogen (secondary N) is 2. The lowest BCUT2D eigenvalue weighted by Gasteiger charge is -2.45. The van der Waals surface area contributed by atoms with Crippen molar-refractivity contribution in [2.24, 2.45) is 5.92 Å². The Kier molecular flexibility index (Phi) is 4.77. The van der Waals surface area contributed by atoms with E-state index in [2.05, 4.69) is 30.5 Å². The fraction of sp³-hybridized carbons (Fsp3) is 0.391. The number of nitrogens with zero attached hydrogens (tertiary/aromatic N) is 6. The van der Waals surface area contributed by atoms with Crippen LogP contribution in [0.4, 0.5) is 35.0 Å². The van der Waals surface area contributed by atoms with E-state index < -0.39 is 17.5 Å². The average molecular weight is 486 g/mol. The molecular formula is C23H22F4N8. The molecule has 35 heavy (non-hydrogen) atoms. The van der Waals surface area contributed by atoms with Crippen molar-refractivity contribution < 1.29 is 17.6 Å². The summed E-state index contributed by atoms with van der Waals surface area (Å²) in [6.45, 7) is 2.43. The summed E-state index contributed by atoms with van der Waals surface area (Å²) in [5.74, 6) is 2.36. The fourth-order valence-corrected chi connectivity index (χ4v) is 4.48. The third kappa shape index (κ3) is 4.28. The molecule has 8 nitrogen and oxygen atoms in total. The Bertz CT molecular complexity index is 1400. The molecule has 1 aliphatic carbocycles. The van der Waals surface area contributed by atoms with Gasteiger partial charge in [0.15, 0.2) is 5.69 Å². The van der Waals surface area contributed by atoms with Crippen LogP contribution in [-0.4, -0.2) is 48.3 Å². The molecule has 4 aromatic heterocycles. The Hall–Kier alpha value is -3.70. The van der Waals surface area contributed by atoms with Gasteiger partial charge in [0.25, 0.3) is 0 Å². The number of rotatable bonds is 6. The number of H-pyrrole nitrogens is 1. The zero-order valence-electron chi connectivity index (χ0n) is 18.8. The van der Waals surface area contributed by atoms with Crippen molar-refractivity contribution in [3.8, 4) is 0 Å². The monoisotopic (exact) mass is 486 g/mol. The number of aromatic amines is 1. The molecule has 182 valence electrons. The normalized spacial score (nSPS) is 17.6. The Morgan fingerprint density at radius 3 is 2.60 bits per heavy atom. The Labute approximate surface area is 197 Å². The molecular weight excluding hydrogens is 464 g/mol. The van der Waals surface area contributed by atoms with Crippen LogP contribution >= 0.6 is 0 Å². The molecule has 0 atom stereocenters. The lowest BCUT2D eigenvalue weighted by atomic mass is 9.91. The van der Waals surface area contributed by atoms with E-state index in [-0.39, 0.29) is 31.1 Å². The molecule has 2 fully saturated rings. The molecule has 1 aliphatic heterocycles. The highest BCUT2D eigenvalue weighted by molar-refractivity contribution is 5.58. The second-order valence-corrected chi connectivity index (χ2v) is 9.34. The molecule has 5 heterocycles. The van der Waals surface area contributed by atoms with Crippen LogP contribution in [0.2, 0.25) is 0 Å². The molecule has 0 aromatic carbocycles. The highest BCUT2D eigenvalue weighted by Crippen LogP contribution is 2.48. The molecule has 12 heteroatoms. The molecule has 2 N–H and O–H groups in total. The van der Waals surface area contributed by atoms with Gasteiger partial charge >= 0.3 is 6.18 Å². The third-order valence-corrected chi connectivity index (χ3v) is 6.43. The van der Waals surface area contributed by atoms with Gasteiger partial charge in [0.1, 0.15) is 34.6 Å². The van der Waals surface area contributed by atoms with Crippen molar-refractivity contribution in [1.82, 2.24) is 29.5 Å². The molecule has 0 bridgehead atoms. The summed E-state index contributed by atoms with van der Waals surface area (Å²) in [5, 5.41) is 10.1. The number of hydrogen-bond acceptors (Lipinski definition) is 6. The van der Waals surface area contributed by atoms with Gasteiger partial charge in [-0.3, -0.25) is 5.10 Å².